The second-order valence-corrected chi connectivity index (χ2v) is 12.4. The first kappa shape index (κ1) is 27.1. The molecule has 0 aliphatic carbocycles. The van der Waals surface area contributed by atoms with E-state index in [0.717, 1.165) is 16.7 Å². The maximum absolute atomic E-state index is 14.8. The average Bonchev–Trinajstić information content (AvgIpc) is 3.59. The molecule has 0 bridgehead atoms. The Morgan fingerprint density at radius 3 is 2.31 bits per heavy atom. The molecule has 2 aromatic heterocycles. The highest BCUT2D eigenvalue weighted by molar-refractivity contribution is 7.90. The minimum absolute atomic E-state index is 0.0797. The topological polar surface area (TPSA) is 86.5 Å². The number of hydrogen-bond donors (Lipinski definition) is 1. The summed E-state index contributed by atoms with van der Waals surface area (Å²) in [6.45, 7) is 9.63. The smallest absolute Gasteiger partial charge is 0.268 e. The van der Waals surface area contributed by atoms with Gasteiger partial charge in [0.2, 0.25) is 10.9 Å². The van der Waals surface area contributed by atoms with E-state index in [4.69, 9.17) is 12.3 Å². The van der Waals surface area contributed by atoms with Crippen LogP contribution < -0.4 is 5.73 Å². The Hall–Kier alpha value is -5.04. The lowest BCUT2D eigenvalue weighted by atomic mass is 9.96. The third kappa shape index (κ3) is 4.57. The summed E-state index contributed by atoms with van der Waals surface area (Å²) >= 11 is 1.24. The lowest BCUT2D eigenvalue weighted by molar-refractivity contribution is 0.100. The van der Waals surface area contributed by atoms with Crippen LogP contribution in [0.3, 0.4) is 0 Å². The molecule has 0 aliphatic heterocycles. The Morgan fingerprint density at radius 1 is 0.905 bits per heavy atom. The van der Waals surface area contributed by atoms with Crippen molar-refractivity contribution in [2.75, 3.05) is 0 Å². The number of aromatic nitrogens is 1. The van der Waals surface area contributed by atoms with Crippen molar-refractivity contribution in [1.82, 2.24) is 3.97 Å². The summed E-state index contributed by atoms with van der Waals surface area (Å²) in [5.74, 6) is -1.06. The maximum atomic E-state index is 14.8. The van der Waals surface area contributed by atoms with Gasteiger partial charge in [-0.05, 0) is 72.0 Å². The molecule has 6 nitrogen and oxygen atoms in total. The van der Waals surface area contributed by atoms with Gasteiger partial charge in [-0.1, -0.05) is 54.1 Å². The quantitative estimate of drug-likeness (QED) is 0.199. The van der Waals surface area contributed by atoms with Gasteiger partial charge in [0.1, 0.15) is 5.82 Å². The largest absolute Gasteiger partial charge is 0.366 e. The highest BCUT2D eigenvalue weighted by Crippen LogP contribution is 2.48. The summed E-state index contributed by atoms with van der Waals surface area (Å²) in [7, 11) is -4.19. The molecule has 2 heterocycles. The van der Waals surface area contributed by atoms with Crippen molar-refractivity contribution in [3.63, 3.8) is 0 Å². The third-order valence-electron chi connectivity index (χ3n) is 7.10. The van der Waals surface area contributed by atoms with Gasteiger partial charge < -0.3 is 5.73 Å². The zero-order valence-electron chi connectivity index (χ0n) is 22.2. The standard InChI is InChI=1S/C33H22FN3O3S2/c1-20-6-13-26(14-7-20)42(39,40)37-29-15-12-25(34)19-28(29)30(27-16-17-41-33(27)36-2)31(37)24-5-3-4-23(18-24)21-8-10-22(11-9-21)32(35)38/h3-19H,1H3,(H2,35,38). The van der Waals surface area contributed by atoms with E-state index in [1.54, 1.807) is 72.1 Å². The van der Waals surface area contributed by atoms with Crippen LogP contribution in [0.15, 0.2) is 107 Å². The van der Waals surface area contributed by atoms with Crippen molar-refractivity contribution in [1.29, 1.82) is 0 Å². The Balaban J connectivity index is 1.71. The predicted octanol–water partition coefficient (Wildman–Crippen LogP) is 8.04. The highest BCUT2D eigenvalue weighted by atomic mass is 32.2. The molecule has 0 saturated carbocycles. The van der Waals surface area contributed by atoms with E-state index in [0.29, 0.717) is 43.9 Å². The van der Waals surface area contributed by atoms with Gasteiger partial charge in [0.15, 0.2) is 0 Å². The lowest BCUT2D eigenvalue weighted by Gasteiger charge is -2.15. The molecule has 0 spiro atoms. The van der Waals surface area contributed by atoms with Crippen LogP contribution in [0.2, 0.25) is 0 Å². The number of fused-ring (bicyclic) bond motifs is 1. The predicted molar refractivity (Wildman–Crippen MR) is 165 cm³/mol. The van der Waals surface area contributed by atoms with Gasteiger partial charge in [-0.3, -0.25) is 4.79 Å². The fraction of sp³-hybridized carbons (Fsp3) is 0.0303. The fourth-order valence-corrected chi connectivity index (χ4v) is 7.31. The molecule has 2 N–H and O–H groups in total. The Morgan fingerprint density at radius 2 is 1.62 bits per heavy atom. The number of carbonyl (C=O) groups is 1. The first-order valence-corrected chi connectivity index (χ1v) is 15.1. The van der Waals surface area contributed by atoms with Crippen LogP contribution in [0.1, 0.15) is 15.9 Å². The van der Waals surface area contributed by atoms with Crippen LogP contribution in [0, 0.1) is 19.3 Å². The number of benzene rings is 4. The molecule has 0 saturated heterocycles. The van der Waals surface area contributed by atoms with Gasteiger partial charge in [-0.2, -0.15) is 11.3 Å². The van der Waals surface area contributed by atoms with Crippen molar-refractivity contribution in [2.45, 2.75) is 11.8 Å². The van der Waals surface area contributed by atoms with Gasteiger partial charge in [0.25, 0.3) is 10.0 Å². The summed E-state index contributed by atoms with van der Waals surface area (Å²) in [4.78, 5) is 15.3. The average molecular weight is 592 g/mol. The van der Waals surface area contributed by atoms with E-state index in [1.807, 2.05) is 19.1 Å². The number of primary amides is 1. The Kier molecular flexibility index (Phi) is 6.73. The molecule has 6 rings (SSSR count). The first-order valence-electron chi connectivity index (χ1n) is 12.8. The number of nitrogens with two attached hydrogens (primary N) is 1. The normalized spacial score (nSPS) is 11.5. The maximum Gasteiger partial charge on any atom is 0.268 e. The zero-order chi connectivity index (χ0) is 29.6. The minimum Gasteiger partial charge on any atom is -0.366 e. The summed E-state index contributed by atoms with van der Waals surface area (Å²) in [6.07, 6.45) is 0. The van der Waals surface area contributed by atoms with Crippen LogP contribution in [-0.2, 0) is 10.0 Å². The number of amides is 1. The molecular weight excluding hydrogens is 570 g/mol. The van der Waals surface area contributed by atoms with Crippen molar-refractivity contribution in [3.05, 3.63) is 131 Å². The van der Waals surface area contributed by atoms with Gasteiger partial charge in [-0.15, -0.1) is 0 Å². The van der Waals surface area contributed by atoms with Gasteiger partial charge in [0.05, 0.1) is 22.7 Å². The van der Waals surface area contributed by atoms with Crippen molar-refractivity contribution in [2.24, 2.45) is 5.73 Å². The summed E-state index contributed by atoms with van der Waals surface area (Å²) in [6, 6.07) is 26.4. The van der Waals surface area contributed by atoms with Crippen molar-refractivity contribution < 1.29 is 17.6 Å². The summed E-state index contributed by atoms with van der Waals surface area (Å²) in [5, 5.41) is 2.51. The molecular formula is C33H22FN3O3S2. The summed E-state index contributed by atoms with van der Waals surface area (Å²) in [5.41, 5.74) is 10.4. The second kappa shape index (κ2) is 10.4. The number of nitrogens with zero attached hydrogens (tertiary/aromatic N) is 2. The number of rotatable bonds is 6. The molecule has 9 heteroatoms. The van der Waals surface area contributed by atoms with Crippen LogP contribution in [0.4, 0.5) is 9.39 Å². The number of thiophene rings is 1. The first-order chi connectivity index (χ1) is 20.2. The molecule has 4 aromatic carbocycles. The van der Waals surface area contributed by atoms with Crippen LogP contribution in [0.5, 0.6) is 0 Å². The SMILES string of the molecule is [C-]#[N+]c1sccc1-c1c(-c2cccc(-c3ccc(C(N)=O)cc3)c2)n(S(=O)(=O)c2ccc(C)cc2)c2ccc(F)cc12. The molecule has 0 atom stereocenters. The van der Waals surface area contributed by atoms with Crippen molar-refractivity contribution >= 4 is 43.2 Å². The third-order valence-corrected chi connectivity index (χ3v) is 9.63. The molecule has 0 aliphatic rings. The van der Waals surface area contributed by atoms with E-state index in [2.05, 4.69) is 4.85 Å². The van der Waals surface area contributed by atoms with Crippen LogP contribution in [-0.4, -0.2) is 18.3 Å². The minimum atomic E-state index is -4.19. The number of hydrogen-bond acceptors (Lipinski definition) is 4. The Labute approximate surface area is 246 Å². The number of aryl methyl sites for hydroxylation is 1. The molecule has 1 amide bonds. The zero-order valence-corrected chi connectivity index (χ0v) is 23.8. The van der Waals surface area contributed by atoms with Gasteiger partial charge in [-0.25, -0.2) is 21.6 Å². The molecule has 206 valence electrons. The van der Waals surface area contributed by atoms with Crippen LogP contribution >= 0.6 is 11.3 Å². The molecule has 0 radical (unpaired) electrons. The van der Waals surface area contributed by atoms with E-state index in [1.165, 1.54) is 33.5 Å². The molecule has 6 aromatic rings. The van der Waals surface area contributed by atoms with Gasteiger partial charge in [0, 0.05) is 27.6 Å². The summed E-state index contributed by atoms with van der Waals surface area (Å²) < 4.78 is 44.8. The fourth-order valence-electron chi connectivity index (χ4n) is 5.09. The van der Waals surface area contributed by atoms with E-state index in [-0.39, 0.29) is 4.90 Å². The van der Waals surface area contributed by atoms with E-state index in [9.17, 15) is 17.6 Å². The molecule has 0 unspecified atom stereocenters. The molecule has 0 fully saturated rings. The van der Waals surface area contributed by atoms with Crippen LogP contribution in [0.25, 0.3) is 49.3 Å². The highest BCUT2D eigenvalue weighted by Gasteiger charge is 2.30. The van der Waals surface area contributed by atoms with Gasteiger partial charge >= 0.3 is 0 Å². The Bertz CT molecular complexity index is 2160. The number of halogens is 1. The number of carbonyl (C=O) groups excluding carboxylic acids is 1. The van der Waals surface area contributed by atoms with E-state index < -0.39 is 21.7 Å². The van der Waals surface area contributed by atoms with E-state index >= 15 is 0 Å². The second-order valence-electron chi connectivity index (χ2n) is 9.74. The van der Waals surface area contributed by atoms with Crippen molar-refractivity contribution in [3.8, 4) is 33.5 Å². The monoisotopic (exact) mass is 591 g/mol. The molecule has 42 heavy (non-hydrogen) atoms. The lowest BCUT2D eigenvalue weighted by Crippen LogP contribution is -2.14.